The van der Waals surface area contributed by atoms with Crippen LogP contribution < -0.4 is 0 Å². The van der Waals surface area contributed by atoms with Crippen molar-refractivity contribution in [1.82, 2.24) is 15.1 Å². The Morgan fingerprint density at radius 1 is 1.42 bits per heavy atom. The van der Waals surface area contributed by atoms with Gasteiger partial charge in [-0.3, -0.25) is 10.00 Å². The summed E-state index contributed by atoms with van der Waals surface area (Å²) in [5.74, 6) is 0. The van der Waals surface area contributed by atoms with Crippen LogP contribution in [0.5, 0.6) is 0 Å². The minimum atomic E-state index is 0.0909. The maximum absolute atomic E-state index is 9.52. The highest BCUT2D eigenvalue weighted by atomic mass is 16.3. The van der Waals surface area contributed by atoms with E-state index >= 15 is 0 Å². The molecule has 1 aliphatic rings. The first-order valence-corrected chi connectivity index (χ1v) is 7.19. The van der Waals surface area contributed by atoms with Crippen LogP contribution >= 0.6 is 0 Å². The highest BCUT2D eigenvalue weighted by molar-refractivity contribution is 5.16. The summed E-state index contributed by atoms with van der Waals surface area (Å²) in [5.41, 5.74) is 2.51. The van der Waals surface area contributed by atoms with E-state index in [2.05, 4.69) is 49.0 Å². The third-order valence-electron chi connectivity index (χ3n) is 4.19. The monoisotopic (exact) mass is 265 g/mol. The first-order valence-electron chi connectivity index (χ1n) is 7.19. The standard InChI is InChI=1S/C15H27N3O/c1-14(2,3)13-8-12(16-17-13)9-18(4)10-15(11-19)6-5-7-15/h8,19H,5-7,9-11H2,1-4H3,(H,16,17). The number of nitrogens with zero attached hydrogens (tertiary/aromatic N) is 2. The van der Waals surface area contributed by atoms with E-state index in [1.807, 2.05) is 0 Å². The van der Waals surface area contributed by atoms with Crippen molar-refractivity contribution in [2.75, 3.05) is 20.2 Å². The molecule has 1 fully saturated rings. The number of aliphatic hydroxyl groups excluding tert-OH is 1. The fourth-order valence-corrected chi connectivity index (χ4v) is 2.79. The number of rotatable bonds is 5. The van der Waals surface area contributed by atoms with E-state index in [1.165, 1.54) is 6.42 Å². The van der Waals surface area contributed by atoms with Gasteiger partial charge in [0.05, 0.1) is 5.69 Å². The largest absolute Gasteiger partial charge is 0.396 e. The van der Waals surface area contributed by atoms with Crippen LogP contribution in [0.15, 0.2) is 6.07 Å². The average Bonchev–Trinajstić information content (AvgIpc) is 2.71. The van der Waals surface area contributed by atoms with Crippen molar-refractivity contribution in [3.63, 3.8) is 0 Å². The van der Waals surface area contributed by atoms with Gasteiger partial charge in [-0.05, 0) is 26.0 Å². The molecule has 0 aromatic carbocycles. The highest BCUT2D eigenvalue weighted by Gasteiger charge is 2.37. The topological polar surface area (TPSA) is 52.2 Å². The van der Waals surface area contributed by atoms with Gasteiger partial charge in [-0.1, -0.05) is 27.2 Å². The van der Waals surface area contributed by atoms with E-state index in [0.29, 0.717) is 6.61 Å². The predicted octanol–water partition coefficient (Wildman–Crippen LogP) is 2.30. The zero-order valence-electron chi connectivity index (χ0n) is 12.7. The molecule has 19 heavy (non-hydrogen) atoms. The number of hydrogen-bond donors (Lipinski definition) is 2. The number of H-pyrrole nitrogens is 1. The average molecular weight is 265 g/mol. The van der Waals surface area contributed by atoms with Crippen molar-refractivity contribution in [1.29, 1.82) is 0 Å². The molecule has 2 rings (SSSR count). The second-order valence-electron chi connectivity index (χ2n) is 7.21. The van der Waals surface area contributed by atoms with Crippen molar-refractivity contribution >= 4 is 0 Å². The molecule has 2 N–H and O–H groups in total. The lowest BCUT2D eigenvalue weighted by atomic mass is 9.69. The highest BCUT2D eigenvalue weighted by Crippen LogP contribution is 2.40. The zero-order valence-corrected chi connectivity index (χ0v) is 12.7. The third-order valence-corrected chi connectivity index (χ3v) is 4.19. The Kier molecular flexibility index (Phi) is 4.02. The number of nitrogens with one attached hydrogen (secondary N) is 1. The van der Waals surface area contributed by atoms with E-state index < -0.39 is 0 Å². The molecule has 1 aromatic rings. The van der Waals surface area contributed by atoms with Gasteiger partial charge < -0.3 is 5.11 Å². The van der Waals surface area contributed by atoms with Gasteiger partial charge in [-0.15, -0.1) is 0 Å². The minimum absolute atomic E-state index is 0.0909. The summed E-state index contributed by atoms with van der Waals surface area (Å²) in [6.45, 7) is 8.66. The first kappa shape index (κ1) is 14.5. The number of aromatic amines is 1. The Balaban J connectivity index is 1.92. The van der Waals surface area contributed by atoms with Gasteiger partial charge >= 0.3 is 0 Å². The molecule has 4 nitrogen and oxygen atoms in total. The van der Waals surface area contributed by atoms with Crippen LogP contribution in [0.1, 0.15) is 51.4 Å². The Morgan fingerprint density at radius 3 is 2.53 bits per heavy atom. The van der Waals surface area contributed by atoms with Crippen LogP contribution in [-0.2, 0) is 12.0 Å². The molecule has 0 atom stereocenters. The lowest BCUT2D eigenvalue weighted by Crippen LogP contribution is -2.43. The van der Waals surface area contributed by atoms with Crippen molar-refractivity contribution in [2.24, 2.45) is 5.41 Å². The van der Waals surface area contributed by atoms with Gasteiger partial charge in [0.1, 0.15) is 0 Å². The molecule has 0 saturated heterocycles. The van der Waals surface area contributed by atoms with Crippen LogP contribution in [0, 0.1) is 5.41 Å². The SMILES string of the molecule is CN(Cc1cc(C(C)(C)C)n[nH]1)CC1(CO)CCC1. The molecule has 1 heterocycles. The Bertz CT molecular complexity index is 410. The Morgan fingerprint density at radius 2 is 2.11 bits per heavy atom. The molecule has 1 saturated carbocycles. The molecule has 4 heteroatoms. The smallest absolute Gasteiger partial charge is 0.0678 e. The molecule has 108 valence electrons. The van der Waals surface area contributed by atoms with Crippen molar-refractivity contribution in [2.45, 2.75) is 52.0 Å². The van der Waals surface area contributed by atoms with E-state index in [0.717, 1.165) is 37.3 Å². The number of hydrogen-bond acceptors (Lipinski definition) is 3. The van der Waals surface area contributed by atoms with Gasteiger partial charge in [0.25, 0.3) is 0 Å². The van der Waals surface area contributed by atoms with Gasteiger partial charge in [0.2, 0.25) is 0 Å². The second-order valence-corrected chi connectivity index (χ2v) is 7.21. The van der Waals surface area contributed by atoms with E-state index in [9.17, 15) is 5.11 Å². The Hall–Kier alpha value is -0.870. The van der Waals surface area contributed by atoms with Gasteiger partial charge in [0.15, 0.2) is 0 Å². The normalized spacial score (nSPS) is 18.6. The van der Waals surface area contributed by atoms with E-state index in [1.54, 1.807) is 0 Å². The molecule has 0 bridgehead atoms. The maximum atomic E-state index is 9.52. The molecule has 0 unspecified atom stereocenters. The fourth-order valence-electron chi connectivity index (χ4n) is 2.79. The molecule has 0 aliphatic heterocycles. The van der Waals surface area contributed by atoms with Crippen LogP contribution in [0.3, 0.4) is 0 Å². The molecule has 0 spiro atoms. The summed E-state index contributed by atoms with van der Waals surface area (Å²) in [5, 5.41) is 17.0. The number of aliphatic hydroxyl groups is 1. The van der Waals surface area contributed by atoms with E-state index in [-0.39, 0.29) is 10.8 Å². The molecule has 0 radical (unpaired) electrons. The second kappa shape index (κ2) is 5.25. The Labute approximate surface area is 116 Å². The quantitative estimate of drug-likeness (QED) is 0.859. The van der Waals surface area contributed by atoms with E-state index in [4.69, 9.17) is 0 Å². The lowest BCUT2D eigenvalue weighted by Gasteiger charge is -2.42. The zero-order chi connectivity index (χ0) is 14.1. The minimum Gasteiger partial charge on any atom is -0.396 e. The molecular formula is C15H27N3O. The summed E-state index contributed by atoms with van der Waals surface area (Å²) >= 11 is 0. The summed E-state index contributed by atoms with van der Waals surface area (Å²) in [6, 6.07) is 2.16. The van der Waals surface area contributed by atoms with Crippen molar-refractivity contribution in [3.05, 3.63) is 17.5 Å². The van der Waals surface area contributed by atoms with Crippen LogP contribution in [0.25, 0.3) is 0 Å². The predicted molar refractivity (Wildman–Crippen MR) is 77.0 cm³/mol. The summed E-state index contributed by atoms with van der Waals surface area (Å²) in [7, 11) is 2.12. The van der Waals surface area contributed by atoms with Crippen LogP contribution in [0.4, 0.5) is 0 Å². The van der Waals surface area contributed by atoms with Crippen LogP contribution in [0.2, 0.25) is 0 Å². The van der Waals surface area contributed by atoms with Gasteiger partial charge in [0, 0.05) is 36.2 Å². The first-order chi connectivity index (χ1) is 8.85. The van der Waals surface area contributed by atoms with Crippen molar-refractivity contribution in [3.8, 4) is 0 Å². The summed E-state index contributed by atoms with van der Waals surface area (Å²) in [6.07, 6.45) is 3.57. The molecule has 1 aromatic heterocycles. The number of aromatic nitrogens is 2. The molecule has 0 amide bonds. The van der Waals surface area contributed by atoms with Crippen LogP contribution in [-0.4, -0.2) is 40.4 Å². The fraction of sp³-hybridized carbons (Fsp3) is 0.800. The lowest BCUT2D eigenvalue weighted by molar-refractivity contribution is 0.0125. The molecule has 1 aliphatic carbocycles. The summed E-state index contributed by atoms with van der Waals surface area (Å²) < 4.78 is 0. The maximum Gasteiger partial charge on any atom is 0.0678 e. The summed E-state index contributed by atoms with van der Waals surface area (Å²) in [4.78, 5) is 2.29. The molecular weight excluding hydrogens is 238 g/mol. The third kappa shape index (κ3) is 3.37. The van der Waals surface area contributed by atoms with Gasteiger partial charge in [-0.25, -0.2) is 0 Å². The van der Waals surface area contributed by atoms with Crippen molar-refractivity contribution < 1.29 is 5.11 Å². The van der Waals surface area contributed by atoms with Gasteiger partial charge in [-0.2, -0.15) is 5.10 Å².